The van der Waals surface area contributed by atoms with Crippen molar-refractivity contribution in [1.82, 2.24) is 9.80 Å². The molecule has 2 rings (SSSR count). The molecule has 1 heterocycles. The molecule has 5 nitrogen and oxygen atoms in total. The van der Waals surface area contributed by atoms with Gasteiger partial charge in [-0.25, -0.2) is 0 Å². The van der Waals surface area contributed by atoms with Crippen molar-refractivity contribution in [3.63, 3.8) is 0 Å². The van der Waals surface area contributed by atoms with Gasteiger partial charge in [-0.2, -0.15) is 0 Å². The lowest BCUT2D eigenvalue weighted by molar-refractivity contribution is -0.133. The number of halogens is 1. The molecule has 1 atom stereocenters. The van der Waals surface area contributed by atoms with Crippen molar-refractivity contribution in [2.45, 2.75) is 40.2 Å². The molecule has 0 aromatic heterocycles. The molecule has 140 valence electrons. The zero-order chi connectivity index (χ0) is 19.4. The summed E-state index contributed by atoms with van der Waals surface area (Å²) < 4.78 is 5.74. The maximum absolute atomic E-state index is 12.6. The summed E-state index contributed by atoms with van der Waals surface area (Å²) >= 11 is 11.5. The SMILES string of the molecule is CC[C@@H](C)Oc1ccc(C=C2C(=O)N(CC)C(=S)N(CC)C2=O)cc1Cl. The van der Waals surface area contributed by atoms with Gasteiger partial charge in [0.05, 0.1) is 11.1 Å². The van der Waals surface area contributed by atoms with Crippen LogP contribution in [0.3, 0.4) is 0 Å². The van der Waals surface area contributed by atoms with Crippen LogP contribution in [0.5, 0.6) is 5.75 Å². The molecule has 1 aromatic rings. The maximum atomic E-state index is 12.6. The summed E-state index contributed by atoms with van der Waals surface area (Å²) in [6, 6.07) is 5.21. The van der Waals surface area contributed by atoms with E-state index < -0.39 is 0 Å². The number of nitrogens with zero attached hydrogens (tertiary/aromatic N) is 2. The Balaban J connectivity index is 2.37. The van der Waals surface area contributed by atoms with Crippen LogP contribution >= 0.6 is 23.8 Å². The fraction of sp³-hybridized carbons (Fsp3) is 0.421. The molecule has 1 aliphatic rings. The lowest BCUT2D eigenvalue weighted by Gasteiger charge is -2.35. The van der Waals surface area contributed by atoms with E-state index in [-0.39, 0.29) is 28.6 Å². The molecule has 0 N–H and O–H groups in total. The van der Waals surface area contributed by atoms with E-state index in [1.807, 2.05) is 27.7 Å². The van der Waals surface area contributed by atoms with Crippen LogP contribution in [0.25, 0.3) is 6.08 Å². The molecule has 1 aliphatic heterocycles. The lowest BCUT2D eigenvalue weighted by Crippen LogP contribution is -2.55. The fourth-order valence-electron chi connectivity index (χ4n) is 2.55. The normalized spacial score (nSPS) is 16.2. The predicted octanol–water partition coefficient (Wildman–Crippen LogP) is 3.90. The van der Waals surface area contributed by atoms with E-state index in [9.17, 15) is 9.59 Å². The number of hydrogen-bond acceptors (Lipinski definition) is 4. The molecular weight excluding hydrogens is 372 g/mol. The second-order valence-electron chi connectivity index (χ2n) is 5.97. The van der Waals surface area contributed by atoms with Gasteiger partial charge >= 0.3 is 0 Å². The minimum atomic E-state index is -0.386. The largest absolute Gasteiger partial charge is 0.489 e. The van der Waals surface area contributed by atoms with Crippen molar-refractivity contribution in [2.24, 2.45) is 0 Å². The highest BCUT2D eigenvalue weighted by atomic mass is 35.5. The standard InChI is InChI=1S/C19H23ClN2O3S/c1-5-12(4)25-16-9-8-13(11-15(16)20)10-14-17(23)21(6-2)19(26)22(7-3)18(14)24/h8-12H,5-7H2,1-4H3/t12-/m1/s1. The first-order chi connectivity index (χ1) is 12.3. The van der Waals surface area contributed by atoms with Crippen LogP contribution in [0.15, 0.2) is 23.8 Å². The molecule has 0 spiro atoms. The van der Waals surface area contributed by atoms with Crippen LogP contribution in [0.4, 0.5) is 0 Å². The molecular formula is C19H23ClN2O3S. The molecule has 26 heavy (non-hydrogen) atoms. The second-order valence-corrected chi connectivity index (χ2v) is 6.74. The summed E-state index contributed by atoms with van der Waals surface area (Å²) in [5, 5.41) is 0.683. The molecule has 0 saturated carbocycles. The Kier molecular flexibility index (Phi) is 6.78. The number of rotatable bonds is 6. The van der Waals surface area contributed by atoms with Gasteiger partial charge in [0, 0.05) is 13.1 Å². The van der Waals surface area contributed by atoms with Gasteiger partial charge in [0.25, 0.3) is 11.8 Å². The van der Waals surface area contributed by atoms with Gasteiger partial charge in [-0.05, 0) is 63.2 Å². The Labute approximate surface area is 164 Å². The second kappa shape index (κ2) is 8.64. The summed E-state index contributed by atoms with van der Waals surface area (Å²) in [4.78, 5) is 28.1. The van der Waals surface area contributed by atoms with Crippen molar-refractivity contribution < 1.29 is 14.3 Å². The third-order valence-electron chi connectivity index (χ3n) is 4.22. The molecule has 0 unspecified atom stereocenters. The minimum Gasteiger partial charge on any atom is -0.489 e. The van der Waals surface area contributed by atoms with E-state index in [1.165, 1.54) is 9.80 Å². The van der Waals surface area contributed by atoms with Crippen LogP contribution in [-0.2, 0) is 9.59 Å². The number of hydrogen-bond donors (Lipinski definition) is 0. The Morgan fingerprint density at radius 3 is 2.19 bits per heavy atom. The van der Waals surface area contributed by atoms with E-state index in [1.54, 1.807) is 24.3 Å². The summed E-state index contributed by atoms with van der Waals surface area (Å²) in [5.74, 6) is -0.192. The molecule has 0 radical (unpaired) electrons. The zero-order valence-electron chi connectivity index (χ0n) is 15.4. The Hall–Kier alpha value is -1.92. The smallest absolute Gasteiger partial charge is 0.265 e. The molecule has 1 aromatic carbocycles. The first kappa shape index (κ1) is 20.4. The quantitative estimate of drug-likeness (QED) is 0.417. The van der Waals surface area contributed by atoms with E-state index >= 15 is 0 Å². The average molecular weight is 395 g/mol. The van der Waals surface area contributed by atoms with Crippen LogP contribution in [-0.4, -0.2) is 45.9 Å². The van der Waals surface area contributed by atoms with Gasteiger partial charge in [0.15, 0.2) is 5.11 Å². The van der Waals surface area contributed by atoms with Crippen molar-refractivity contribution in [3.05, 3.63) is 34.4 Å². The molecule has 2 amide bonds. The predicted molar refractivity (Wildman–Crippen MR) is 107 cm³/mol. The summed E-state index contributed by atoms with van der Waals surface area (Å²) in [6.45, 7) is 8.45. The maximum Gasteiger partial charge on any atom is 0.265 e. The van der Waals surface area contributed by atoms with Crippen LogP contribution in [0.1, 0.15) is 39.7 Å². The van der Waals surface area contributed by atoms with E-state index in [4.69, 9.17) is 28.6 Å². The third kappa shape index (κ3) is 4.07. The van der Waals surface area contributed by atoms with Gasteiger partial charge in [-0.15, -0.1) is 0 Å². The number of carbonyl (C=O) groups excluding carboxylic acids is 2. The zero-order valence-corrected chi connectivity index (χ0v) is 17.0. The molecule has 0 bridgehead atoms. The van der Waals surface area contributed by atoms with Gasteiger partial charge in [0.2, 0.25) is 0 Å². The number of carbonyl (C=O) groups is 2. The first-order valence-corrected chi connectivity index (χ1v) is 9.48. The molecule has 7 heteroatoms. The van der Waals surface area contributed by atoms with Crippen molar-refractivity contribution in [1.29, 1.82) is 0 Å². The summed E-state index contributed by atoms with van der Waals surface area (Å²) in [6.07, 6.45) is 2.47. The number of benzene rings is 1. The number of ether oxygens (including phenoxy) is 1. The highest BCUT2D eigenvalue weighted by Crippen LogP contribution is 2.28. The Morgan fingerprint density at radius 1 is 1.15 bits per heavy atom. The lowest BCUT2D eigenvalue weighted by atomic mass is 10.1. The number of amides is 2. The van der Waals surface area contributed by atoms with E-state index in [2.05, 4.69) is 0 Å². The highest BCUT2D eigenvalue weighted by Gasteiger charge is 2.37. The fourth-order valence-corrected chi connectivity index (χ4v) is 3.21. The number of likely N-dealkylation sites (N-methyl/N-ethyl adjacent to an activating group) is 2. The third-order valence-corrected chi connectivity index (χ3v) is 4.95. The summed E-state index contributed by atoms with van der Waals surface area (Å²) in [7, 11) is 0. The molecule has 1 saturated heterocycles. The first-order valence-electron chi connectivity index (χ1n) is 8.69. The van der Waals surface area contributed by atoms with Gasteiger partial charge < -0.3 is 4.74 Å². The number of thiocarbonyl (C=S) groups is 1. The van der Waals surface area contributed by atoms with E-state index in [0.29, 0.717) is 29.4 Å². The highest BCUT2D eigenvalue weighted by molar-refractivity contribution is 7.80. The topological polar surface area (TPSA) is 49.9 Å². The van der Waals surface area contributed by atoms with Gasteiger partial charge in [0.1, 0.15) is 11.3 Å². The van der Waals surface area contributed by atoms with E-state index in [0.717, 1.165) is 6.42 Å². The van der Waals surface area contributed by atoms with Crippen LogP contribution in [0, 0.1) is 0 Å². The van der Waals surface area contributed by atoms with Crippen LogP contribution < -0.4 is 4.74 Å². The summed E-state index contributed by atoms with van der Waals surface area (Å²) in [5.41, 5.74) is 0.733. The molecule has 1 fully saturated rings. The minimum absolute atomic E-state index is 0.0513. The average Bonchev–Trinajstić information content (AvgIpc) is 2.61. The van der Waals surface area contributed by atoms with Gasteiger partial charge in [-0.3, -0.25) is 19.4 Å². The monoisotopic (exact) mass is 394 g/mol. The Morgan fingerprint density at radius 2 is 1.73 bits per heavy atom. The van der Waals surface area contributed by atoms with Crippen molar-refractivity contribution in [2.75, 3.05) is 13.1 Å². The van der Waals surface area contributed by atoms with Gasteiger partial charge in [-0.1, -0.05) is 24.6 Å². The molecule has 0 aliphatic carbocycles. The van der Waals surface area contributed by atoms with Crippen LogP contribution in [0.2, 0.25) is 5.02 Å². The Bertz CT molecular complexity index is 735. The van der Waals surface area contributed by atoms with Crippen molar-refractivity contribution in [3.8, 4) is 5.75 Å². The van der Waals surface area contributed by atoms with Crippen molar-refractivity contribution >= 4 is 46.8 Å².